The van der Waals surface area contributed by atoms with Crippen LogP contribution in [0.4, 0.5) is 0 Å². The van der Waals surface area contributed by atoms with Crippen LogP contribution in [0, 0.1) is 0 Å². The predicted octanol–water partition coefficient (Wildman–Crippen LogP) is 4.99. The topological polar surface area (TPSA) is 46.1 Å². The minimum absolute atomic E-state index is 0.172. The van der Waals surface area contributed by atoms with Crippen LogP contribution in [0.1, 0.15) is 29.0 Å². The minimum atomic E-state index is -0.300. The number of carbonyl (C=O) groups is 1. The Morgan fingerprint density at radius 3 is 2.57 bits per heavy atom. The molecule has 1 atom stereocenters. The van der Waals surface area contributed by atoms with Crippen LogP contribution in [0.3, 0.4) is 0 Å². The van der Waals surface area contributed by atoms with Crippen LogP contribution < -0.4 is 0 Å². The van der Waals surface area contributed by atoms with Crippen molar-refractivity contribution in [2.24, 2.45) is 0 Å². The Morgan fingerprint density at radius 1 is 1.26 bits per heavy atom. The van der Waals surface area contributed by atoms with Gasteiger partial charge in [0.05, 0.1) is 17.3 Å². The van der Waals surface area contributed by atoms with E-state index in [2.05, 4.69) is 9.97 Å². The second kappa shape index (κ2) is 7.71. The van der Waals surface area contributed by atoms with Crippen molar-refractivity contribution >= 4 is 52.5 Å². The van der Waals surface area contributed by atoms with Gasteiger partial charge in [-0.25, -0.2) is 9.97 Å². The van der Waals surface area contributed by atoms with Crippen molar-refractivity contribution < 1.29 is 4.79 Å². The average Bonchev–Trinajstić information content (AvgIpc) is 2.53. The van der Waals surface area contributed by atoms with Crippen LogP contribution in [0.5, 0.6) is 0 Å². The number of halogens is 3. The van der Waals surface area contributed by atoms with Gasteiger partial charge in [0.2, 0.25) is 0 Å². The number of hydrogen-bond acceptors (Lipinski definition) is 4. The Balaban J connectivity index is 2.32. The van der Waals surface area contributed by atoms with Crippen molar-refractivity contribution in [2.75, 3.05) is 13.3 Å². The van der Waals surface area contributed by atoms with E-state index in [4.69, 9.17) is 34.8 Å². The third-order valence-electron chi connectivity index (χ3n) is 3.42. The minimum Gasteiger partial charge on any atom is -0.334 e. The molecule has 1 aromatic heterocycles. The van der Waals surface area contributed by atoms with Crippen LogP contribution in [-0.2, 0) is 0 Å². The van der Waals surface area contributed by atoms with E-state index in [0.29, 0.717) is 15.2 Å². The lowest BCUT2D eigenvalue weighted by molar-refractivity contribution is 0.0736. The molecule has 1 unspecified atom stereocenters. The molecule has 2 aromatic rings. The number of nitrogens with zero attached hydrogens (tertiary/aromatic N) is 3. The van der Waals surface area contributed by atoms with Crippen LogP contribution in [0.25, 0.3) is 0 Å². The first-order valence-corrected chi connectivity index (χ1v) is 8.99. The number of benzene rings is 1. The van der Waals surface area contributed by atoms with Gasteiger partial charge in [-0.05, 0) is 30.9 Å². The first kappa shape index (κ1) is 18.3. The zero-order valence-corrected chi connectivity index (χ0v) is 15.8. The summed E-state index contributed by atoms with van der Waals surface area (Å²) in [5, 5.41) is 1.75. The molecule has 0 fully saturated rings. The van der Waals surface area contributed by atoms with E-state index in [9.17, 15) is 4.79 Å². The van der Waals surface area contributed by atoms with Crippen molar-refractivity contribution in [1.82, 2.24) is 14.9 Å². The summed E-state index contributed by atoms with van der Waals surface area (Å²) in [7, 11) is 1.68. The van der Waals surface area contributed by atoms with E-state index in [1.54, 1.807) is 25.2 Å². The first-order chi connectivity index (χ1) is 10.8. The number of rotatable bonds is 4. The van der Waals surface area contributed by atoms with Crippen LogP contribution in [0.2, 0.25) is 15.1 Å². The lowest BCUT2D eigenvalue weighted by Crippen LogP contribution is -2.31. The predicted molar refractivity (Wildman–Crippen MR) is 95.8 cm³/mol. The summed E-state index contributed by atoms with van der Waals surface area (Å²) in [6.07, 6.45) is 3.26. The summed E-state index contributed by atoms with van der Waals surface area (Å²) in [5.74, 6) is -0.300. The number of thioether (sulfide) groups is 1. The number of carbonyl (C=O) groups excluding carboxylic acids is 1. The molecule has 0 aliphatic rings. The molecular formula is C15H14Cl3N3OS. The van der Waals surface area contributed by atoms with Crippen molar-refractivity contribution in [1.29, 1.82) is 0 Å². The molecule has 0 saturated heterocycles. The molecular weight excluding hydrogens is 377 g/mol. The van der Waals surface area contributed by atoms with Crippen molar-refractivity contribution in [2.45, 2.75) is 18.1 Å². The Labute approximate surface area is 154 Å². The molecule has 0 saturated carbocycles. The monoisotopic (exact) mass is 389 g/mol. The molecule has 1 heterocycles. The third kappa shape index (κ3) is 4.10. The Hall–Kier alpha value is -1.01. The van der Waals surface area contributed by atoms with E-state index in [1.807, 2.05) is 13.2 Å². The summed E-state index contributed by atoms with van der Waals surface area (Å²) >= 11 is 19.5. The van der Waals surface area contributed by atoms with Crippen LogP contribution >= 0.6 is 46.6 Å². The zero-order valence-electron chi connectivity index (χ0n) is 12.7. The second-order valence-corrected chi connectivity index (χ2v) is 6.84. The highest BCUT2D eigenvalue weighted by Gasteiger charge is 2.24. The summed E-state index contributed by atoms with van der Waals surface area (Å²) in [6, 6.07) is 4.92. The quantitative estimate of drug-likeness (QED) is 0.545. The first-order valence-electron chi connectivity index (χ1n) is 6.63. The molecule has 0 bridgehead atoms. The van der Waals surface area contributed by atoms with Crippen molar-refractivity contribution in [3.63, 3.8) is 0 Å². The third-order valence-corrected chi connectivity index (χ3v) is 4.82. The molecule has 0 radical (unpaired) electrons. The maximum Gasteiger partial charge on any atom is 0.274 e. The van der Waals surface area contributed by atoms with Gasteiger partial charge in [0.15, 0.2) is 10.9 Å². The van der Waals surface area contributed by atoms with E-state index in [1.165, 1.54) is 22.9 Å². The molecule has 1 amide bonds. The summed E-state index contributed by atoms with van der Waals surface area (Å²) in [5.41, 5.74) is 0.965. The number of aromatic nitrogens is 2. The molecule has 0 aliphatic carbocycles. The second-order valence-electron chi connectivity index (χ2n) is 4.81. The largest absolute Gasteiger partial charge is 0.334 e. The number of hydrogen-bond donors (Lipinski definition) is 0. The fourth-order valence-corrected chi connectivity index (χ4v) is 3.07. The summed E-state index contributed by atoms with van der Waals surface area (Å²) < 4.78 is 0. The van der Waals surface area contributed by atoms with E-state index in [-0.39, 0.29) is 22.7 Å². The Bertz CT molecular complexity index is 742. The maximum atomic E-state index is 12.7. The maximum absolute atomic E-state index is 12.7. The van der Waals surface area contributed by atoms with Crippen molar-refractivity contribution in [3.8, 4) is 0 Å². The Kier molecular flexibility index (Phi) is 6.14. The van der Waals surface area contributed by atoms with Gasteiger partial charge in [0.25, 0.3) is 5.91 Å². The van der Waals surface area contributed by atoms with Gasteiger partial charge in [-0.3, -0.25) is 4.79 Å². The highest BCUT2D eigenvalue weighted by molar-refractivity contribution is 7.98. The molecule has 0 spiro atoms. The molecule has 8 heteroatoms. The molecule has 1 aromatic carbocycles. The summed E-state index contributed by atoms with van der Waals surface area (Å²) in [4.78, 5) is 22.5. The van der Waals surface area contributed by atoms with Crippen LogP contribution in [0.15, 0.2) is 29.6 Å². The van der Waals surface area contributed by atoms with E-state index >= 15 is 0 Å². The smallest absolute Gasteiger partial charge is 0.274 e. The van der Waals surface area contributed by atoms with Crippen molar-refractivity contribution in [3.05, 3.63) is 50.7 Å². The van der Waals surface area contributed by atoms with Gasteiger partial charge >= 0.3 is 0 Å². The molecule has 23 heavy (non-hydrogen) atoms. The SMILES string of the molecule is CSc1ncc(Cl)c(C(=O)N(C)C(C)c2ccc(Cl)cc2Cl)n1. The zero-order chi connectivity index (χ0) is 17.1. The lowest BCUT2D eigenvalue weighted by Gasteiger charge is -2.26. The molecule has 2 rings (SSSR count). The van der Waals surface area contributed by atoms with Gasteiger partial charge in [0, 0.05) is 17.1 Å². The van der Waals surface area contributed by atoms with E-state index in [0.717, 1.165) is 5.56 Å². The van der Waals surface area contributed by atoms with Crippen LogP contribution in [-0.4, -0.2) is 34.1 Å². The Morgan fingerprint density at radius 2 is 1.96 bits per heavy atom. The molecule has 0 N–H and O–H groups in total. The average molecular weight is 391 g/mol. The van der Waals surface area contributed by atoms with E-state index < -0.39 is 0 Å². The molecule has 4 nitrogen and oxygen atoms in total. The van der Waals surface area contributed by atoms with Gasteiger partial charge < -0.3 is 4.90 Å². The van der Waals surface area contributed by atoms with Gasteiger partial charge in [-0.2, -0.15) is 0 Å². The fraction of sp³-hybridized carbons (Fsp3) is 0.267. The molecule has 122 valence electrons. The molecule has 0 aliphatic heterocycles. The number of amides is 1. The lowest BCUT2D eigenvalue weighted by atomic mass is 10.1. The normalized spacial score (nSPS) is 12.1. The highest BCUT2D eigenvalue weighted by Crippen LogP contribution is 2.30. The van der Waals surface area contributed by atoms with Gasteiger partial charge in [-0.1, -0.05) is 52.6 Å². The highest BCUT2D eigenvalue weighted by atomic mass is 35.5. The fourth-order valence-electron chi connectivity index (χ4n) is 1.99. The van der Waals surface area contributed by atoms with Gasteiger partial charge in [0.1, 0.15) is 0 Å². The summed E-state index contributed by atoms with van der Waals surface area (Å²) in [6.45, 7) is 1.87. The van der Waals surface area contributed by atoms with Gasteiger partial charge in [-0.15, -0.1) is 0 Å². The standard InChI is InChI=1S/C15H14Cl3N3OS/c1-8(10-5-4-9(16)6-11(10)17)21(2)14(22)13-12(18)7-19-15(20-13)23-3/h4-8H,1-3H3.